The monoisotopic (exact) mass is 312 g/mol. The molecule has 1 aliphatic carbocycles. The van der Waals surface area contributed by atoms with E-state index < -0.39 is 5.60 Å². The first kappa shape index (κ1) is 16.8. The number of hydrogen-bond donors (Lipinski definition) is 1. The van der Waals surface area contributed by atoms with E-state index in [1.165, 1.54) is 6.42 Å². The van der Waals surface area contributed by atoms with Crippen LogP contribution in [0.3, 0.4) is 0 Å². The topological polar surface area (TPSA) is 38.0 Å². The molecule has 21 heavy (non-hydrogen) atoms. The molecule has 0 saturated heterocycles. The number of hydrogen-bond acceptors (Lipinski definition) is 2. The second-order valence-electron chi connectivity index (χ2n) is 7.30. The van der Waals surface area contributed by atoms with E-state index in [0.29, 0.717) is 11.8 Å². The zero-order chi connectivity index (χ0) is 15.7. The Morgan fingerprint density at radius 3 is 2.52 bits per heavy atom. The van der Waals surface area contributed by atoms with Crippen LogP contribution in [0.1, 0.15) is 71.2 Å². The molecule has 1 heterocycles. The highest BCUT2D eigenvalue weighted by atomic mass is 35.5. The zero-order valence-corrected chi connectivity index (χ0v) is 14.6. The Bertz CT molecular complexity index is 495. The molecule has 0 aliphatic heterocycles. The van der Waals surface area contributed by atoms with Crippen molar-refractivity contribution in [1.29, 1.82) is 0 Å². The lowest BCUT2D eigenvalue weighted by molar-refractivity contribution is 0.0208. The van der Waals surface area contributed by atoms with Gasteiger partial charge in [-0.25, -0.2) is 0 Å². The molecule has 0 spiro atoms. The Hall–Kier alpha value is -0.540. The molecule has 120 valence electrons. The van der Waals surface area contributed by atoms with Crippen molar-refractivity contribution >= 4 is 11.6 Å². The van der Waals surface area contributed by atoms with Gasteiger partial charge in [-0.05, 0) is 44.4 Å². The van der Waals surface area contributed by atoms with Crippen molar-refractivity contribution in [2.45, 2.75) is 84.8 Å². The molecule has 1 aromatic rings. The maximum absolute atomic E-state index is 11.1. The summed E-state index contributed by atoms with van der Waals surface area (Å²) in [5.74, 6) is 0. The van der Waals surface area contributed by atoms with E-state index in [4.69, 9.17) is 11.6 Å². The van der Waals surface area contributed by atoms with E-state index in [0.717, 1.165) is 55.1 Å². The van der Waals surface area contributed by atoms with Crippen molar-refractivity contribution in [3.63, 3.8) is 0 Å². The van der Waals surface area contributed by atoms with Crippen LogP contribution in [0.25, 0.3) is 0 Å². The molecule has 1 fully saturated rings. The molecular formula is C17H29ClN2O. The third-order valence-corrected chi connectivity index (χ3v) is 5.39. The summed E-state index contributed by atoms with van der Waals surface area (Å²) in [7, 11) is 0. The predicted octanol–water partition coefficient (Wildman–Crippen LogP) is 4.38. The molecule has 1 atom stereocenters. The molecule has 1 aliphatic rings. The Balaban J connectivity index is 2.22. The minimum absolute atomic E-state index is 0.341. The summed E-state index contributed by atoms with van der Waals surface area (Å²) in [5, 5.41) is 16.4. The van der Waals surface area contributed by atoms with Crippen molar-refractivity contribution in [3.05, 3.63) is 16.4 Å². The summed E-state index contributed by atoms with van der Waals surface area (Å²) in [6.07, 6.45) is 6.53. The summed E-state index contributed by atoms with van der Waals surface area (Å²) >= 11 is 6.49. The summed E-state index contributed by atoms with van der Waals surface area (Å²) in [6.45, 7) is 9.55. The van der Waals surface area contributed by atoms with E-state index in [1.54, 1.807) is 0 Å². The number of aliphatic hydroxyl groups is 1. The highest BCUT2D eigenvalue weighted by Gasteiger charge is 2.35. The van der Waals surface area contributed by atoms with Crippen LogP contribution in [0.5, 0.6) is 0 Å². The molecule has 4 heteroatoms. The highest BCUT2D eigenvalue weighted by molar-refractivity contribution is 6.31. The zero-order valence-electron chi connectivity index (χ0n) is 13.9. The number of nitrogens with zero attached hydrogens (tertiary/aromatic N) is 2. The Labute approximate surface area is 133 Å². The molecule has 0 aromatic carbocycles. The minimum atomic E-state index is -0.630. The van der Waals surface area contributed by atoms with Crippen LogP contribution in [0.2, 0.25) is 5.02 Å². The van der Waals surface area contributed by atoms with Gasteiger partial charge in [0, 0.05) is 13.0 Å². The largest absolute Gasteiger partial charge is 0.389 e. The fraction of sp³-hybridized carbons (Fsp3) is 0.824. The SMILES string of the molecule is CCc1nn(CC)c(CC2(O)CCCC(C)(C)CC2)c1Cl. The van der Waals surface area contributed by atoms with Crippen LogP contribution in [0.4, 0.5) is 0 Å². The maximum atomic E-state index is 11.1. The Morgan fingerprint density at radius 1 is 1.19 bits per heavy atom. The van der Waals surface area contributed by atoms with Gasteiger partial charge in [0.25, 0.3) is 0 Å². The standard InChI is InChI=1S/C17H29ClN2O/c1-5-13-15(18)14(20(6-2)19-13)12-17(21)9-7-8-16(3,4)10-11-17/h21H,5-12H2,1-4H3. The fourth-order valence-electron chi connectivity index (χ4n) is 3.39. The van der Waals surface area contributed by atoms with E-state index in [1.807, 2.05) is 4.68 Å². The summed E-state index contributed by atoms with van der Waals surface area (Å²) in [6, 6.07) is 0. The van der Waals surface area contributed by atoms with Gasteiger partial charge in [0.15, 0.2) is 0 Å². The molecule has 1 saturated carbocycles. The van der Waals surface area contributed by atoms with Crippen molar-refractivity contribution in [2.24, 2.45) is 5.41 Å². The predicted molar refractivity (Wildman–Crippen MR) is 87.8 cm³/mol. The van der Waals surface area contributed by atoms with Gasteiger partial charge in [0.2, 0.25) is 0 Å². The van der Waals surface area contributed by atoms with Crippen LogP contribution in [-0.2, 0) is 19.4 Å². The van der Waals surface area contributed by atoms with Crippen LogP contribution in [0.15, 0.2) is 0 Å². The summed E-state index contributed by atoms with van der Waals surface area (Å²) < 4.78 is 1.97. The minimum Gasteiger partial charge on any atom is -0.389 e. The van der Waals surface area contributed by atoms with E-state index >= 15 is 0 Å². The quantitative estimate of drug-likeness (QED) is 0.838. The van der Waals surface area contributed by atoms with Gasteiger partial charge >= 0.3 is 0 Å². The van der Waals surface area contributed by atoms with Crippen molar-refractivity contribution in [1.82, 2.24) is 9.78 Å². The lowest BCUT2D eigenvalue weighted by Gasteiger charge is -2.28. The van der Waals surface area contributed by atoms with Gasteiger partial charge in [-0.15, -0.1) is 0 Å². The van der Waals surface area contributed by atoms with Crippen LogP contribution >= 0.6 is 11.6 Å². The molecule has 3 nitrogen and oxygen atoms in total. The molecule has 1 aromatic heterocycles. The van der Waals surface area contributed by atoms with Crippen LogP contribution < -0.4 is 0 Å². The van der Waals surface area contributed by atoms with E-state index in [9.17, 15) is 5.11 Å². The number of aryl methyl sites for hydroxylation is 2. The molecule has 2 rings (SSSR count). The summed E-state index contributed by atoms with van der Waals surface area (Å²) in [4.78, 5) is 0. The van der Waals surface area contributed by atoms with E-state index in [2.05, 4.69) is 32.8 Å². The van der Waals surface area contributed by atoms with Gasteiger partial charge in [0.1, 0.15) is 0 Å². The third-order valence-electron chi connectivity index (χ3n) is 4.95. The van der Waals surface area contributed by atoms with Gasteiger partial charge in [-0.3, -0.25) is 4.68 Å². The lowest BCUT2D eigenvalue weighted by Crippen LogP contribution is -2.32. The first-order valence-electron chi connectivity index (χ1n) is 8.27. The normalized spacial score (nSPS) is 25.8. The number of halogens is 1. The second-order valence-corrected chi connectivity index (χ2v) is 7.67. The van der Waals surface area contributed by atoms with Crippen LogP contribution in [-0.4, -0.2) is 20.5 Å². The lowest BCUT2D eigenvalue weighted by atomic mass is 9.83. The first-order chi connectivity index (χ1) is 9.80. The van der Waals surface area contributed by atoms with Gasteiger partial charge in [-0.2, -0.15) is 5.10 Å². The fourth-order valence-corrected chi connectivity index (χ4v) is 3.73. The average molecular weight is 313 g/mol. The van der Waals surface area contributed by atoms with Crippen molar-refractivity contribution < 1.29 is 5.11 Å². The second kappa shape index (κ2) is 6.29. The third kappa shape index (κ3) is 3.81. The number of aromatic nitrogens is 2. The highest BCUT2D eigenvalue weighted by Crippen LogP contribution is 2.40. The molecule has 1 unspecified atom stereocenters. The Morgan fingerprint density at radius 2 is 1.90 bits per heavy atom. The maximum Gasteiger partial charge on any atom is 0.0850 e. The molecule has 0 radical (unpaired) electrons. The first-order valence-corrected chi connectivity index (χ1v) is 8.64. The number of rotatable bonds is 4. The molecule has 1 N–H and O–H groups in total. The Kier molecular flexibility index (Phi) is 5.04. The molecular weight excluding hydrogens is 284 g/mol. The molecule has 0 amide bonds. The van der Waals surface area contributed by atoms with Gasteiger partial charge in [0.05, 0.1) is 22.0 Å². The van der Waals surface area contributed by atoms with Crippen LogP contribution in [0, 0.1) is 5.41 Å². The van der Waals surface area contributed by atoms with Gasteiger partial charge in [-0.1, -0.05) is 38.8 Å². The van der Waals surface area contributed by atoms with Crippen molar-refractivity contribution in [3.8, 4) is 0 Å². The summed E-state index contributed by atoms with van der Waals surface area (Å²) in [5.41, 5.74) is 1.67. The van der Waals surface area contributed by atoms with Gasteiger partial charge < -0.3 is 5.11 Å². The van der Waals surface area contributed by atoms with Crippen molar-refractivity contribution in [2.75, 3.05) is 0 Å². The smallest absolute Gasteiger partial charge is 0.0850 e. The molecule has 0 bridgehead atoms. The van der Waals surface area contributed by atoms with E-state index in [-0.39, 0.29) is 0 Å². The average Bonchev–Trinajstić information content (AvgIpc) is 2.64.